The first kappa shape index (κ1) is 18.2. The number of fused-ring (bicyclic) bond motifs is 1. The monoisotopic (exact) mass is 407 g/mol. The lowest BCUT2D eigenvalue weighted by Gasteiger charge is -2.16. The normalized spacial score (nSPS) is 12.3. The molecule has 0 amide bonds. The topological polar surface area (TPSA) is 98.5 Å². The van der Waals surface area contributed by atoms with Crippen LogP contribution in [0.15, 0.2) is 35.7 Å². The van der Waals surface area contributed by atoms with Gasteiger partial charge >= 0.3 is 6.18 Å². The summed E-state index contributed by atoms with van der Waals surface area (Å²) in [6.07, 6.45) is -2.34. The molecule has 0 saturated heterocycles. The summed E-state index contributed by atoms with van der Waals surface area (Å²) in [7, 11) is -3.45. The highest BCUT2D eigenvalue weighted by molar-refractivity contribution is 7.92. The van der Waals surface area contributed by atoms with Gasteiger partial charge in [0.2, 0.25) is 0 Å². The molecule has 0 aliphatic rings. The highest BCUT2D eigenvalue weighted by Gasteiger charge is 2.36. The van der Waals surface area contributed by atoms with Crippen molar-refractivity contribution in [3.05, 3.63) is 41.2 Å². The van der Waals surface area contributed by atoms with E-state index in [0.717, 1.165) is 23.8 Å². The van der Waals surface area contributed by atoms with Gasteiger partial charge in [0, 0.05) is 0 Å². The first-order valence-electron chi connectivity index (χ1n) is 6.77. The fourth-order valence-corrected chi connectivity index (χ4v) is 3.19. The van der Waals surface area contributed by atoms with E-state index in [9.17, 15) is 21.6 Å². The molecule has 0 atom stereocenters. The Balaban J connectivity index is 2.09. The summed E-state index contributed by atoms with van der Waals surface area (Å²) in [5.74, 6) is -0.404. The second-order valence-corrected chi connectivity index (χ2v) is 6.91. The number of methoxy groups -OCH3 is 1. The van der Waals surface area contributed by atoms with E-state index in [0.29, 0.717) is 0 Å². The molecule has 3 aromatic rings. The number of nitrogens with zero attached hydrogens (tertiary/aromatic N) is 4. The summed E-state index contributed by atoms with van der Waals surface area (Å²) >= 11 is 5.72. The van der Waals surface area contributed by atoms with Crippen LogP contribution in [-0.2, 0) is 16.2 Å². The molecule has 0 fully saturated rings. The molecule has 0 saturated carbocycles. The van der Waals surface area contributed by atoms with Crippen LogP contribution in [0.2, 0.25) is 5.02 Å². The van der Waals surface area contributed by atoms with Crippen LogP contribution in [0, 0.1) is 0 Å². The Morgan fingerprint density at radius 3 is 2.69 bits per heavy atom. The molecule has 0 bridgehead atoms. The maximum atomic E-state index is 13.2. The molecule has 0 aliphatic carbocycles. The number of hydrogen-bond donors (Lipinski definition) is 1. The van der Waals surface area contributed by atoms with Crippen molar-refractivity contribution in [2.45, 2.75) is 11.3 Å². The van der Waals surface area contributed by atoms with Gasteiger partial charge in [-0.25, -0.2) is 9.50 Å². The molecule has 1 aromatic carbocycles. The van der Waals surface area contributed by atoms with Crippen molar-refractivity contribution in [3.63, 3.8) is 0 Å². The predicted molar refractivity (Wildman–Crippen MR) is 84.6 cm³/mol. The van der Waals surface area contributed by atoms with Gasteiger partial charge < -0.3 is 4.74 Å². The van der Waals surface area contributed by atoms with Gasteiger partial charge in [0.25, 0.3) is 21.0 Å². The summed E-state index contributed by atoms with van der Waals surface area (Å²) in [5.41, 5.74) is -1.99. The number of rotatable bonds is 4. The number of ether oxygens (including phenoxy) is 1. The van der Waals surface area contributed by atoms with Crippen molar-refractivity contribution in [1.29, 1.82) is 0 Å². The standard InChI is InChI=1S/C13H9ClF3N5O3S/c1-25-9-4-2-3-8(13(15,16)17)10(9)21-26(23,24)12-19-11-18-5-7(14)6-22(11)20-12/h2-6,21H,1H3. The lowest BCUT2D eigenvalue weighted by molar-refractivity contribution is -0.137. The lowest BCUT2D eigenvalue weighted by atomic mass is 10.1. The Morgan fingerprint density at radius 2 is 2.04 bits per heavy atom. The highest BCUT2D eigenvalue weighted by Crippen LogP contribution is 2.40. The summed E-state index contributed by atoms with van der Waals surface area (Å²) in [6, 6.07) is 3.00. The van der Waals surface area contributed by atoms with Gasteiger partial charge in [-0.05, 0) is 12.1 Å². The molecule has 0 radical (unpaired) electrons. The molecule has 26 heavy (non-hydrogen) atoms. The third-order valence-corrected chi connectivity index (χ3v) is 4.49. The van der Waals surface area contributed by atoms with Gasteiger partial charge in [0.05, 0.1) is 30.1 Å². The molecule has 0 unspecified atom stereocenters. The van der Waals surface area contributed by atoms with E-state index in [-0.39, 0.29) is 16.5 Å². The first-order valence-corrected chi connectivity index (χ1v) is 8.63. The van der Waals surface area contributed by atoms with Gasteiger partial charge in [-0.3, -0.25) is 4.72 Å². The minimum Gasteiger partial charge on any atom is -0.495 e. The minimum absolute atomic E-state index is 0.0918. The fraction of sp³-hybridized carbons (Fsp3) is 0.154. The second-order valence-electron chi connectivity index (χ2n) is 4.90. The molecule has 138 valence electrons. The molecule has 8 nitrogen and oxygen atoms in total. The van der Waals surface area contributed by atoms with Gasteiger partial charge in [-0.15, -0.1) is 5.10 Å². The molecular formula is C13H9ClF3N5O3S. The zero-order valence-corrected chi connectivity index (χ0v) is 14.4. The van der Waals surface area contributed by atoms with Crippen LogP contribution >= 0.6 is 11.6 Å². The molecule has 2 heterocycles. The Kier molecular flexibility index (Phi) is 4.40. The maximum Gasteiger partial charge on any atom is 0.418 e. The van der Waals surface area contributed by atoms with Gasteiger partial charge in [-0.2, -0.15) is 26.6 Å². The zero-order chi connectivity index (χ0) is 19.1. The fourth-order valence-electron chi connectivity index (χ4n) is 2.08. The average Bonchev–Trinajstić information content (AvgIpc) is 2.97. The van der Waals surface area contributed by atoms with Crippen LogP contribution in [0.5, 0.6) is 5.75 Å². The summed E-state index contributed by atoms with van der Waals surface area (Å²) in [5, 5.41) is 3.07. The van der Waals surface area contributed by atoms with E-state index in [4.69, 9.17) is 16.3 Å². The summed E-state index contributed by atoms with van der Waals surface area (Å²) in [4.78, 5) is 7.45. The Hall–Kier alpha value is -2.60. The summed E-state index contributed by atoms with van der Waals surface area (Å²) < 4.78 is 72.2. The quantitative estimate of drug-likeness (QED) is 0.713. The SMILES string of the molecule is COc1cccc(C(F)(F)F)c1NS(=O)(=O)c1nc2ncc(Cl)cn2n1. The number of nitrogens with one attached hydrogen (secondary N) is 1. The average molecular weight is 408 g/mol. The molecular weight excluding hydrogens is 399 g/mol. The van der Waals surface area contributed by atoms with E-state index in [1.165, 1.54) is 18.5 Å². The number of alkyl halides is 3. The number of halogens is 4. The lowest BCUT2D eigenvalue weighted by Crippen LogP contribution is -2.19. The number of sulfonamides is 1. The zero-order valence-electron chi connectivity index (χ0n) is 12.8. The number of hydrogen-bond acceptors (Lipinski definition) is 6. The minimum atomic E-state index is -4.81. The number of aromatic nitrogens is 4. The molecule has 0 aliphatic heterocycles. The molecule has 1 N–H and O–H groups in total. The predicted octanol–water partition coefficient (Wildman–Crippen LogP) is 2.61. The summed E-state index contributed by atoms with van der Waals surface area (Å²) in [6.45, 7) is 0. The molecule has 3 rings (SSSR count). The van der Waals surface area contributed by atoms with E-state index >= 15 is 0 Å². The van der Waals surface area contributed by atoms with Crippen molar-refractivity contribution in [2.24, 2.45) is 0 Å². The van der Waals surface area contributed by atoms with Crippen LogP contribution < -0.4 is 9.46 Å². The van der Waals surface area contributed by atoms with Crippen LogP contribution in [0.4, 0.5) is 18.9 Å². The number of anilines is 1. The van der Waals surface area contributed by atoms with Gasteiger partial charge in [0.15, 0.2) is 0 Å². The van der Waals surface area contributed by atoms with Crippen LogP contribution in [0.1, 0.15) is 5.56 Å². The van der Waals surface area contributed by atoms with Gasteiger partial charge in [0.1, 0.15) is 11.4 Å². The maximum absolute atomic E-state index is 13.2. The van der Waals surface area contributed by atoms with Crippen LogP contribution in [0.3, 0.4) is 0 Å². The first-order chi connectivity index (χ1) is 12.1. The van der Waals surface area contributed by atoms with Crippen LogP contribution in [0.25, 0.3) is 5.78 Å². The van der Waals surface area contributed by atoms with Crippen molar-refractivity contribution in [1.82, 2.24) is 19.6 Å². The Bertz CT molecular complexity index is 1080. The van der Waals surface area contributed by atoms with Crippen molar-refractivity contribution >= 4 is 33.1 Å². The number of para-hydroxylation sites is 1. The van der Waals surface area contributed by atoms with Crippen molar-refractivity contribution in [3.8, 4) is 5.75 Å². The van der Waals surface area contributed by atoms with E-state index in [1.54, 1.807) is 0 Å². The third-order valence-electron chi connectivity index (χ3n) is 3.17. The smallest absolute Gasteiger partial charge is 0.418 e. The van der Waals surface area contributed by atoms with E-state index in [2.05, 4.69) is 15.1 Å². The number of benzene rings is 1. The Morgan fingerprint density at radius 1 is 1.31 bits per heavy atom. The van der Waals surface area contributed by atoms with Crippen molar-refractivity contribution in [2.75, 3.05) is 11.8 Å². The Labute approximate surface area is 149 Å². The van der Waals surface area contributed by atoms with E-state index in [1.807, 2.05) is 4.72 Å². The largest absolute Gasteiger partial charge is 0.495 e. The molecule has 0 spiro atoms. The van der Waals surface area contributed by atoms with Gasteiger partial charge in [-0.1, -0.05) is 17.7 Å². The third kappa shape index (κ3) is 3.37. The molecule has 2 aromatic heterocycles. The second kappa shape index (κ2) is 6.29. The highest BCUT2D eigenvalue weighted by atomic mass is 35.5. The molecule has 13 heteroatoms. The van der Waals surface area contributed by atoms with E-state index < -0.39 is 32.6 Å². The van der Waals surface area contributed by atoms with Crippen LogP contribution in [-0.4, -0.2) is 35.1 Å². The van der Waals surface area contributed by atoms with Crippen molar-refractivity contribution < 1.29 is 26.3 Å².